The molecule has 0 aromatic heterocycles. The molecule has 3 aliphatic heterocycles. The van der Waals surface area contributed by atoms with Crippen molar-refractivity contribution >= 4 is 11.9 Å². The Bertz CT molecular complexity index is 761. The molecule has 0 aliphatic carbocycles. The highest BCUT2D eigenvalue weighted by Gasteiger charge is 2.54. The van der Waals surface area contributed by atoms with Gasteiger partial charge in [-0.1, -0.05) is 18.7 Å². The molecule has 6 nitrogen and oxygen atoms in total. The van der Waals surface area contributed by atoms with Crippen LogP contribution in [0.1, 0.15) is 34.1 Å². The summed E-state index contributed by atoms with van der Waals surface area (Å²) >= 11 is 0. The lowest BCUT2D eigenvalue weighted by Crippen LogP contribution is -2.42. The molecule has 0 spiro atoms. The van der Waals surface area contributed by atoms with E-state index in [1.54, 1.807) is 6.92 Å². The van der Waals surface area contributed by atoms with Gasteiger partial charge in [-0.3, -0.25) is 0 Å². The van der Waals surface area contributed by atoms with E-state index in [9.17, 15) is 9.59 Å². The van der Waals surface area contributed by atoms with Crippen molar-refractivity contribution in [3.8, 4) is 0 Å². The van der Waals surface area contributed by atoms with Crippen LogP contribution in [0.5, 0.6) is 0 Å². The first-order chi connectivity index (χ1) is 12.7. The van der Waals surface area contributed by atoms with Crippen LogP contribution in [0.3, 0.4) is 0 Å². The molecule has 3 aliphatic rings. The second-order valence-corrected chi connectivity index (χ2v) is 7.42. The van der Waals surface area contributed by atoms with Gasteiger partial charge in [-0.15, -0.1) is 0 Å². The van der Waals surface area contributed by atoms with E-state index >= 15 is 0 Å². The fourth-order valence-electron chi connectivity index (χ4n) is 3.96. The van der Waals surface area contributed by atoms with Gasteiger partial charge in [0.2, 0.25) is 5.79 Å². The quantitative estimate of drug-likeness (QED) is 0.428. The Morgan fingerprint density at radius 3 is 2.70 bits per heavy atom. The third-order valence-electron chi connectivity index (χ3n) is 5.10. The van der Waals surface area contributed by atoms with Gasteiger partial charge >= 0.3 is 11.9 Å². The molecule has 6 heteroatoms. The molecular weight excluding hydrogens is 348 g/mol. The van der Waals surface area contributed by atoms with E-state index in [1.165, 1.54) is 0 Å². The molecule has 0 amide bonds. The van der Waals surface area contributed by atoms with Crippen LogP contribution in [0.2, 0.25) is 0 Å². The lowest BCUT2D eigenvalue weighted by atomic mass is 9.83. The first-order valence-electron chi connectivity index (χ1n) is 9.13. The van der Waals surface area contributed by atoms with Gasteiger partial charge in [0.15, 0.2) is 0 Å². The van der Waals surface area contributed by atoms with Crippen molar-refractivity contribution in [3.05, 3.63) is 47.6 Å². The van der Waals surface area contributed by atoms with Crippen LogP contribution >= 0.6 is 0 Å². The standard InChI is InChI=1S/C21H26O6/c1-7-24-21-9-12(4)8-15(25-19(22)11(2)3)16-14(6)20(23)26-18(16)17(27-21)13(5)10-21/h9-10,15-18H,2,6-8H2,1,3-5H3/b12-9-/t15-,16+,17?,18-,21?/m0/s1. The summed E-state index contributed by atoms with van der Waals surface area (Å²) in [7, 11) is 0. The summed E-state index contributed by atoms with van der Waals surface area (Å²) in [6.45, 7) is 15.3. The molecule has 0 radical (unpaired) electrons. The summed E-state index contributed by atoms with van der Waals surface area (Å²) in [5.41, 5.74) is 2.40. The number of carbonyl (C=O) groups excluding carboxylic acids is 2. The summed E-state index contributed by atoms with van der Waals surface area (Å²) in [6, 6.07) is 0. The molecule has 0 aromatic carbocycles. The van der Waals surface area contributed by atoms with E-state index in [0.717, 1.165) is 11.1 Å². The SMILES string of the molecule is C=C(C)C(=O)O[C@H]1C/C(C)=C\C2(OCC)C=C(C)C(O2)[C@H]2OC(=O)C(=C)[C@H]12. The van der Waals surface area contributed by atoms with E-state index in [1.807, 2.05) is 32.9 Å². The highest BCUT2D eigenvalue weighted by molar-refractivity contribution is 5.91. The molecule has 146 valence electrons. The van der Waals surface area contributed by atoms with Crippen LogP contribution < -0.4 is 0 Å². The Labute approximate surface area is 159 Å². The first-order valence-corrected chi connectivity index (χ1v) is 9.13. The second kappa shape index (κ2) is 7.09. The van der Waals surface area contributed by atoms with Crippen molar-refractivity contribution < 1.29 is 28.5 Å². The molecule has 3 rings (SSSR count). The maximum atomic E-state index is 12.3. The molecule has 3 heterocycles. The molecule has 1 fully saturated rings. The minimum atomic E-state index is -1.01. The predicted molar refractivity (Wildman–Crippen MR) is 98.6 cm³/mol. The fourth-order valence-corrected chi connectivity index (χ4v) is 3.96. The van der Waals surface area contributed by atoms with E-state index in [0.29, 0.717) is 24.2 Å². The van der Waals surface area contributed by atoms with Crippen LogP contribution in [0.15, 0.2) is 47.6 Å². The van der Waals surface area contributed by atoms with Gasteiger partial charge in [0.1, 0.15) is 18.3 Å². The Kier molecular flexibility index (Phi) is 5.14. The van der Waals surface area contributed by atoms with Gasteiger partial charge in [-0.05, 0) is 45.4 Å². The van der Waals surface area contributed by atoms with E-state index in [-0.39, 0.29) is 0 Å². The van der Waals surface area contributed by atoms with Crippen LogP contribution in [-0.4, -0.2) is 42.6 Å². The number of ether oxygens (including phenoxy) is 4. The van der Waals surface area contributed by atoms with Crippen molar-refractivity contribution in [3.63, 3.8) is 0 Å². The maximum Gasteiger partial charge on any atom is 0.334 e. The smallest absolute Gasteiger partial charge is 0.334 e. The minimum absolute atomic E-state index is 0.291. The monoisotopic (exact) mass is 374 g/mol. The normalized spacial score (nSPS) is 37.2. The Balaban J connectivity index is 2.06. The van der Waals surface area contributed by atoms with Gasteiger partial charge < -0.3 is 18.9 Å². The molecule has 27 heavy (non-hydrogen) atoms. The van der Waals surface area contributed by atoms with E-state index < -0.39 is 42.0 Å². The summed E-state index contributed by atoms with van der Waals surface area (Å²) in [4.78, 5) is 24.5. The summed E-state index contributed by atoms with van der Waals surface area (Å²) in [5, 5.41) is 0. The molecule has 2 unspecified atom stereocenters. The van der Waals surface area contributed by atoms with Crippen molar-refractivity contribution in [2.75, 3.05) is 6.61 Å². The van der Waals surface area contributed by atoms with Crippen molar-refractivity contribution in [2.24, 2.45) is 5.92 Å². The van der Waals surface area contributed by atoms with Gasteiger partial charge in [-0.25, -0.2) is 9.59 Å². The maximum absolute atomic E-state index is 12.3. The van der Waals surface area contributed by atoms with Gasteiger partial charge in [0, 0.05) is 24.2 Å². The van der Waals surface area contributed by atoms with Gasteiger partial charge in [0.25, 0.3) is 0 Å². The second-order valence-electron chi connectivity index (χ2n) is 7.42. The van der Waals surface area contributed by atoms with Crippen LogP contribution in [0, 0.1) is 5.92 Å². The largest absolute Gasteiger partial charge is 0.458 e. The average Bonchev–Trinajstić information content (AvgIpc) is 3.04. The van der Waals surface area contributed by atoms with Crippen LogP contribution in [-0.2, 0) is 28.5 Å². The van der Waals surface area contributed by atoms with Crippen molar-refractivity contribution in [1.29, 1.82) is 0 Å². The zero-order chi connectivity index (χ0) is 19.9. The molecule has 0 saturated carbocycles. The molecular formula is C21H26O6. The van der Waals surface area contributed by atoms with Crippen molar-refractivity contribution in [2.45, 2.75) is 58.2 Å². The van der Waals surface area contributed by atoms with Crippen LogP contribution in [0.4, 0.5) is 0 Å². The Hall–Kier alpha value is -2.18. The van der Waals surface area contributed by atoms with Crippen molar-refractivity contribution in [1.82, 2.24) is 0 Å². The van der Waals surface area contributed by atoms with Gasteiger partial charge in [-0.2, -0.15) is 0 Å². The third-order valence-corrected chi connectivity index (χ3v) is 5.10. The number of hydrogen-bond donors (Lipinski definition) is 0. The summed E-state index contributed by atoms with van der Waals surface area (Å²) in [5.74, 6) is -2.51. The zero-order valence-electron chi connectivity index (χ0n) is 16.2. The predicted octanol–water partition coefficient (Wildman–Crippen LogP) is 3.00. The minimum Gasteiger partial charge on any atom is -0.458 e. The number of fused-ring (bicyclic) bond motifs is 4. The average molecular weight is 374 g/mol. The lowest BCUT2D eigenvalue weighted by Gasteiger charge is -2.30. The van der Waals surface area contributed by atoms with E-state index in [4.69, 9.17) is 18.9 Å². The van der Waals surface area contributed by atoms with Crippen LogP contribution in [0.25, 0.3) is 0 Å². The first kappa shape index (κ1) is 19.6. The third kappa shape index (κ3) is 3.51. The molecule has 5 atom stereocenters. The van der Waals surface area contributed by atoms with Gasteiger partial charge in [0.05, 0.1) is 5.92 Å². The number of hydrogen-bond acceptors (Lipinski definition) is 6. The zero-order valence-corrected chi connectivity index (χ0v) is 16.2. The molecule has 0 N–H and O–H groups in total. The highest BCUT2D eigenvalue weighted by atomic mass is 16.7. The number of carbonyl (C=O) groups is 2. The molecule has 0 aromatic rings. The Morgan fingerprint density at radius 1 is 1.37 bits per heavy atom. The number of rotatable bonds is 4. The highest BCUT2D eigenvalue weighted by Crippen LogP contribution is 2.44. The number of esters is 2. The summed E-state index contributed by atoms with van der Waals surface area (Å²) < 4.78 is 23.4. The Morgan fingerprint density at radius 2 is 2.07 bits per heavy atom. The molecule has 1 saturated heterocycles. The fraction of sp³-hybridized carbons (Fsp3) is 0.524. The topological polar surface area (TPSA) is 71.1 Å². The lowest BCUT2D eigenvalue weighted by molar-refractivity contribution is -0.198. The summed E-state index contributed by atoms with van der Waals surface area (Å²) in [6.07, 6.45) is 2.48. The molecule has 2 bridgehead atoms. The van der Waals surface area contributed by atoms with E-state index in [2.05, 4.69) is 13.2 Å².